The standard InChI is InChI=1S/C20H20ClN3O2S/c1-12-4-9-16(13(2)10-12)23-18(25)11-17-19(26)24(3)20(27-17)22-15-7-5-14(21)6-8-15/h4-10,17H,11H2,1-3H3,(H,23,25)/t17-/m1/s1. The van der Waals surface area contributed by atoms with Crippen molar-refractivity contribution in [2.75, 3.05) is 12.4 Å². The van der Waals surface area contributed by atoms with E-state index in [9.17, 15) is 9.59 Å². The topological polar surface area (TPSA) is 61.8 Å². The van der Waals surface area contributed by atoms with E-state index < -0.39 is 5.25 Å². The molecule has 2 amide bonds. The average molecular weight is 402 g/mol. The van der Waals surface area contributed by atoms with Crippen molar-refractivity contribution in [3.63, 3.8) is 0 Å². The number of carbonyl (C=O) groups is 2. The Labute approximate surface area is 167 Å². The summed E-state index contributed by atoms with van der Waals surface area (Å²) in [5.41, 5.74) is 3.61. The Bertz CT molecular complexity index is 912. The predicted octanol–water partition coefficient (Wildman–Crippen LogP) is 4.55. The molecule has 1 N–H and O–H groups in total. The molecule has 1 saturated heterocycles. The summed E-state index contributed by atoms with van der Waals surface area (Å²) in [5, 5.41) is 3.62. The summed E-state index contributed by atoms with van der Waals surface area (Å²) < 4.78 is 0. The molecule has 0 aromatic heterocycles. The lowest BCUT2D eigenvalue weighted by molar-refractivity contribution is -0.127. The van der Waals surface area contributed by atoms with Crippen LogP contribution < -0.4 is 5.32 Å². The number of anilines is 1. The molecule has 27 heavy (non-hydrogen) atoms. The van der Waals surface area contributed by atoms with E-state index in [1.54, 1.807) is 31.3 Å². The predicted molar refractivity (Wildman–Crippen MR) is 112 cm³/mol. The molecular weight excluding hydrogens is 382 g/mol. The molecule has 0 spiro atoms. The van der Waals surface area contributed by atoms with Crippen LogP contribution in [0.1, 0.15) is 17.5 Å². The van der Waals surface area contributed by atoms with E-state index in [2.05, 4.69) is 10.3 Å². The number of benzene rings is 2. The Balaban J connectivity index is 1.67. The van der Waals surface area contributed by atoms with Crippen molar-refractivity contribution in [1.82, 2.24) is 4.90 Å². The highest BCUT2D eigenvalue weighted by molar-refractivity contribution is 8.15. The highest BCUT2D eigenvalue weighted by Gasteiger charge is 2.37. The minimum Gasteiger partial charge on any atom is -0.326 e. The summed E-state index contributed by atoms with van der Waals surface area (Å²) in [6, 6.07) is 12.9. The molecule has 0 aliphatic carbocycles. The lowest BCUT2D eigenvalue weighted by Gasteiger charge is -2.11. The highest BCUT2D eigenvalue weighted by Crippen LogP contribution is 2.31. The molecule has 5 nitrogen and oxygen atoms in total. The molecule has 7 heteroatoms. The second-order valence-electron chi connectivity index (χ2n) is 6.45. The van der Waals surface area contributed by atoms with E-state index in [1.807, 2.05) is 32.0 Å². The van der Waals surface area contributed by atoms with E-state index >= 15 is 0 Å². The number of hydrogen-bond acceptors (Lipinski definition) is 4. The van der Waals surface area contributed by atoms with E-state index in [1.165, 1.54) is 16.7 Å². The van der Waals surface area contributed by atoms with Crippen molar-refractivity contribution in [3.05, 3.63) is 58.6 Å². The van der Waals surface area contributed by atoms with E-state index in [0.717, 1.165) is 16.8 Å². The molecule has 1 heterocycles. The Kier molecular flexibility index (Phi) is 5.87. The van der Waals surface area contributed by atoms with E-state index in [0.29, 0.717) is 15.9 Å². The Morgan fingerprint density at radius 2 is 1.93 bits per heavy atom. The second-order valence-corrected chi connectivity index (χ2v) is 8.05. The van der Waals surface area contributed by atoms with Crippen LogP contribution in [-0.4, -0.2) is 34.2 Å². The Hall–Kier alpha value is -2.31. The van der Waals surface area contributed by atoms with Crippen LogP contribution in [0.3, 0.4) is 0 Å². The molecule has 1 aliphatic rings. The first-order valence-corrected chi connectivity index (χ1v) is 9.75. The first-order valence-electron chi connectivity index (χ1n) is 8.49. The van der Waals surface area contributed by atoms with Crippen molar-refractivity contribution in [3.8, 4) is 0 Å². The molecule has 2 aromatic carbocycles. The van der Waals surface area contributed by atoms with Crippen molar-refractivity contribution < 1.29 is 9.59 Å². The third-order valence-electron chi connectivity index (χ3n) is 4.22. The van der Waals surface area contributed by atoms with Crippen LogP contribution in [0.4, 0.5) is 11.4 Å². The summed E-state index contributed by atoms with van der Waals surface area (Å²) in [5.74, 6) is -0.308. The summed E-state index contributed by atoms with van der Waals surface area (Å²) in [6.07, 6.45) is 0.0980. The normalized spacial score (nSPS) is 18.2. The number of aryl methyl sites for hydroxylation is 2. The maximum absolute atomic E-state index is 12.5. The van der Waals surface area contributed by atoms with Gasteiger partial charge in [-0.15, -0.1) is 0 Å². The van der Waals surface area contributed by atoms with Gasteiger partial charge < -0.3 is 5.32 Å². The number of halogens is 1. The fraction of sp³-hybridized carbons (Fsp3) is 0.250. The van der Waals surface area contributed by atoms with Crippen molar-refractivity contribution in [2.45, 2.75) is 25.5 Å². The largest absolute Gasteiger partial charge is 0.326 e. The molecule has 1 fully saturated rings. The quantitative estimate of drug-likeness (QED) is 0.817. The van der Waals surface area contributed by atoms with E-state index in [4.69, 9.17) is 11.6 Å². The zero-order valence-electron chi connectivity index (χ0n) is 15.3. The Morgan fingerprint density at radius 1 is 1.22 bits per heavy atom. The van der Waals surface area contributed by atoms with Gasteiger partial charge in [-0.05, 0) is 49.7 Å². The van der Waals surface area contributed by atoms with Gasteiger partial charge in [0.05, 0.1) is 5.69 Å². The number of rotatable bonds is 4. The van der Waals surface area contributed by atoms with Gasteiger partial charge in [0, 0.05) is 24.2 Å². The Morgan fingerprint density at radius 3 is 2.59 bits per heavy atom. The zero-order valence-corrected chi connectivity index (χ0v) is 16.9. The molecule has 0 saturated carbocycles. The number of aliphatic imine (C=N–C) groups is 1. The molecule has 0 bridgehead atoms. The number of thioether (sulfide) groups is 1. The SMILES string of the molecule is Cc1ccc(NC(=O)C[C@H]2SC(=Nc3ccc(Cl)cc3)N(C)C2=O)c(C)c1. The first kappa shape index (κ1) is 19.5. The average Bonchev–Trinajstić information content (AvgIpc) is 2.87. The van der Waals surface area contributed by atoms with Crippen molar-refractivity contribution in [1.29, 1.82) is 0 Å². The van der Waals surface area contributed by atoms with Gasteiger partial charge >= 0.3 is 0 Å². The van der Waals surface area contributed by atoms with Crippen molar-refractivity contribution in [2.24, 2.45) is 4.99 Å². The molecule has 3 rings (SSSR count). The number of carbonyl (C=O) groups excluding carboxylic acids is 2. The van der Waals surface area contributed by atoms with Gasteiger partial charge in [0.1, 0.15) is 5.25 Å². The van der Waals surface area contributed by atoms with Crippen LogP contribution in [0.2, 0.25) is 5.02 Å². The number of amides is 2. The van der Waals surface area contributed by atoms with Crippen LogP contribution in [0, 0.1) is 13.8 Å². The smallest absolute Gasteiger partial charge is 0.242 e. The zero-order chi connectivity index (χ0) is 19.6. The fourth-order valence-electron chi connectivity index (χ4n) is 2.75. The van der Waals surface area contributed by atoms with Gasteiger partial charge in [-0.1, -0.05) is 41.1 Å². The van der Waals surface area contributed by atoms with Crippen LogP contribution >= 0.6 is 23.4 Å². The number of nitrogens with one attached hydrogen (secondary N) is 1. The molecule has 140 valence electrons. The molecule has 1 aliphatic heterocycles. The van der Waals surface area contributed by atoms with Gasteiger partial charge in [-0.25, -0.2) is 4.99 Å². The number of nitrogens with zero attached hydrogens (tertiary/aromatic N) is 2. The summed E-state index contributed by atoms with van der Waals surface area (Å²) >= 11 is 7.19. The summed E-state index contributed by atoms with van der Waals surface area (Å²) in [6.45, 7) is 3.95. The minimum atomic E-state index is -0.480. The number of hydrogen-bond donors (Lipinski definition) is 1. The highest BCUT2D eigenvalue weighted by atomic mass is 35.5. The molecule has 0 unspecified atom stereocenters. The van der Waals surface area contributed by atoms with Crippen LogP contribution in [-0.2, 0) is 9.59 Å². The monoisotopic (exact) mass is 401 g/mol. The molecule has 0 radical (unpaired) electrons. The molecule has 2 aromatic rings. The van der Waals surface area contributed by atoms with Crippen LogP contribution in [0.15, 0.2) is 47.5 Å². The van der Waals surface area contributed by atoms with Gasteiger partial charge in [0.2, 0.25) is 11.8 Å². The van der Waals surface area contributed by atoms with Gasteiger partial charge in [-0.2, -0.15) is 0 Å². The molecular formula is C20H20ClN3O2S. The summed E-state index contributed by atoms with van der Waals surface area (Å²) in [7, 11) is 1.67. The first-order chi connectivity index (χ1) is 12.8. The van der Waals surface area contributed by atoms with Gasteiger partial charge in [-0.3, -0.25) is 14.5 Å². The lowest BCUT2D eigenvalue weighted by atomic mass is 10.1. The van der Waals surface area contributed by atoms with Crippen LogP contribution in [0.25, 0.3) is 0 Å². The van der Waals surface area contributed by atoms with Gasteiger partial charge in [0.15, 0.2) is 5.17 Å². The third-order valence-corrected chi connectivity index (χ3v) is 5.70. The minimum absolute atomic E-state index is 0.0980. The summed E-state index contributed by atoms with van der Waals surface area (Å²) in [4.78, 5) is 30.9. The maximum atomic E-state index is 12.5. The second kappa shape index (κ2) is 8.15. The van der Waals surface area contributed by atoms with E-state index in [-0.39, 0.29) is 18.2 Å². The number of amidine groups is 1. The van der Waals surface area contributed by atoms with Crippen molar-refractivity contribution >= 4 is 51.7 Å². The molecule has 1 atom stereocenters. The van der Waals surface area contributed by atoms with Crippen LogP contribution in [0.5, 0.6) is 0 Å². The third kappa shape index (κ3) is 4.70. The fourth-order valence-corrected chi connectivity index (χ4v) is 4.03. The maximum Gasteiger partial charge on any atom is 0.242 e. The lowest BCUT2D eigenvalue weighted by Crippen LogP contribution is -2.30. The van der Waals surface area contributed by atoms with Gasteiger partial charge in [0.25, 0.3) is 0 Å².